The molecular formula is C124H78N10OS. The Morgan fingerprint density at radius 3 is 0.875 bits per heavy atom. The molecule has 0 atom stereocenters. The molecule has 26 rings (SSSR count). The maximum Gasteiger partial charge on any atom is 0.180 e. The van der Waals surface area contributed by atoms with Gasteiger partial charge in [-0.2, -0.15) is 0 Å². The first-order valence-electron chi connectivity index (χ1n) is 45.7. The standard InChI is InChI=1S/C62H39N5O.C62H39N5S/c2*1-6-20-40(21-7-1)41-34-36-42(37-35-41)55-57-56(48-31-17-19-33-54(48)68-57)64-60(63-55)51-39-53-49(47-30-16-18-32-52(47)62(53,45-26-12-4-13-27-45)46-28-14-5-15-29-46)38-50(51)61-66-58(43-22-8-2-9-23-43)65-59(67-61)44-24-10-3-11-25-44/h2*1-39H. The van der Waals surface area contributed by atoms with Crippen molar-refractivity contribution in [2.24, 2.45) is 0 Å². The SMILES string of the molecule is c1ccc(-c2ccc(-c3nc(-c4cc5c(cc4-c4nc(-c6ccccc6)nc(-c6ccccc6)n4)-c4ccccc4C5(c4ccccc4)c4ccccc4)nc4c3oc3ccccc34)cc2)cc1.c1ccc(-c2ccc(-c3nc(-c4cc5c(cc4-c4nc(-c6ccccc6)nc(-c6ccccc6)n4)-c4ccccc4C5(c4ccccc4)c4ccccc4)nc4c3sc3ccccc34)cc2)cc1. The van der Waals surface area contributed by atoms with Gasteiger partial charge >= 0.3 is 0 Å². The molecule has 2 aliphatic rings. The van der Waals surface area contributed by atoms with E-state index >= 15 is 0 Å². The maximum absolute atomic E-state index is 6.70. The van der Waals surface area contributed by atoms with E-state index in [1.165, 1.54) is 27.8 Å². The quantitative estimate of drug-likeness (QED) is 0.0912. The number of rotatable bonds is 16. The lowest BCUT2D eigenvalue weighted by molar-refractivity contribution is 0.667. The second-order valence-electron chi connectivity index (χ2n) is 34.2. The maximum atomic E-state index is 6.70. The van der Waals surface area contributed by atoms with Gasteiger partial charge < -0.3 is 4.42 Å². The van der Waals surface area contributed by atoms with Crippen LogP contribution in [0, 0.1) is 0 Å². The minimum Gasteiger partial charge on any atom is -0.452 e. The molecule has 24 aromatic rings. The predicted octanol–water partition coefficient (Wildman–Crippen LogP) is 30.3. The lowest BCUT2D eigenvalue weighted by Gasteiger charge is -2.34. The van der Waals surface area contributed by atoms with Gasteiger partial charge in [-0.3, -0.25) is 0 Å². The highest BCUT2D eigenvalue weighted by atomic mass is 32.1. The molecule has 0 bridgehead atoms. The summed E-state index contributed by atoms with van der Waals surface area (Å²) in [6, 6.07) is 166. The Kier molecular flexibility index (Phi) is 20.0. The van der Waals surface area contributed by atoms with Crippen molar-refractivity contribution >= 4 is 53.7 Å². The number of benzene rings is 18. The van der Waals surface area contributed by atoms with Gasteiger partial charge in [-0.1, -0.05) is 431 Å². The van der Waals surface area contributed by atoms with Crippen LogP contribution in [0.25, 0.3) is 200 Å². The number of hydrogen-bond donors (Lipinski definition) is 0. The van der Waals surface area contributed by atoms with Gasteiger partial charge in [-0.05, 0) is 131 Å². The van der Waals surface area contributed by atoms with E-state index < -0.39 is 10.8 Å². The van der Waals surface area contributed by atoms with E-state index in [1.54, 1.807) is 11.3 Å². The van der Waals surface area contributed by atoms with Gasteiger partial charge in [0.15, 0.2) is 52.2 Å². The smallest absolute Gasteiger partial charge is 0.180 e. The van der Waals surface area contributed by atoms with Crippen molar-refractivity contribution in [3.8, 4) is 158 Å². The Labute approximate surface area is 789 Å². The van der Waals surface area contributed by atoms with Crippen LogP contribution in [0.4, 0.5) is 0 Å². The number of hydrogen-bond acceptors (Lipinski definition) is 12. The van der Waals surface area contributed by atoms with Crippen LogP contribution in [0.15, 0.2) is 478 Å². The van der Waals surface area contributed by atoms with Gasteiger partial charge in [0, 0.05) is 71.1 Å². The topological polar surface area (TPSA) is 142 Å². The second-order valence-corrected chi connectivity index (χ2v) is 35.3. The molecule has 0 saturated carbocycles. The van der Waals surface area contributed by atoms with Crippen molar-refractivity contribution in [2.45, 2.75) is 10.8 Å². The first kappa shape index (κ1) is 80.3. The zero-order valence-corrected chi connectivity index (χ0v) is 74.1. The van der Waals surface area contributed by atoms with Gasteiger partial charge in [0.25, 0.3) is 0 Å². The van der Waals surface area contributed by atoms with Gasteiger partial charge in [0.2, 0.25) is 0 Å². The molecule has 0 fully saturated rings. The Hall–Kier alpha value is -17.8. The number of furan rings is 1. The van der Waals surface area contributed by atoms with Crippen LogP contribution in [0.2, 0.25) is 0 Å². The van der Waals surface area contributed by atoms with E-state index in [9.17, 15) is 0 Å². The monoisotopic (exact) mass is 1750 g/mol. The van der Waals surface area contributed by atoms with Gasteiger partial charge in [-0.15, -0.1) is 11.3 Å². The van der Waals surface area contributed by atoms with Crippen molar-refractivity contribution in [3.05, 3.63) is 518 Å². The first-order chi connectivity index (χ1) is 67.4. The van der Waals surface area contributed by atoms with Crippen LogP contribution in [0.1, 0.15) is 44.5 Å². The van der Waals surface area contributed by atoms with Crippen molar-refractivity contribution in [2.75, 3.05) is 0 Å². The van der Waals surface area contributed by atoms with Crippen LogP contribution in [0.3, 0.4) is 0 Å². The third kappa shape index (κ3) is 13.8. The molecule has 18 aromatic carbocycles. The average molecular weight is 1760 g/mol. The van der Waals surface area contributed by atoms with Gasteiger partial charge in [-0.25, -0.2) is 49.8 Å². The van der Waals surface area contributed by atoms with Crippen molar-refractivity contribution in [3.63, 3.8) is 0 Å². The highest BCUT2D eigenvalue weighted by Gasteiger charge is 2.49. The molecule has 6 aromatic heterocycles. The van der Waals surface area contributed by atoms with Gasteiger partial charge in [0.1, 0.15) is 16.8 Å². The van der Waals surface area contributed by atoms with E-state index in [4.69, 9.17) is 54.3 Å². The minimum atomic E-state index is -0.687. The molecule has 0 N–H and O–H groups in total. The summed E-state index contributed by atoms with van der Waals surface area (Å²) >= 11 is 1.74. The number of aromatic nitrogens is 10. The highest BCUT2D eigenvalue weighted by molar-refractivity contribution is 7.26. The predicted molar refractivity (Wildman–Crippen MR) is 551 cm³/mol. The van der Waals surface area contributed by atoms with Crippen molar-refractivity contribution in [1.82, 2.24) is 49.8 Å². The molecule has 2 aliphatic carbocycles. The molecule has 6 heterocycles. The fraction of sp³-hybridized carbons (Fsp3) is 0.0161. The summed E-state index contributed by atoms with van der Waals surface area (Å²) in [6.07, 6.45) is 0. The summed E-state index contributed by atoms with van der Waals surface area (Å²) in [6.45, 7) is 0. The molecule has 0 saturated heterocycles. The third-order valence-electron chi connectivity index (χ3n) is 26.5. The molecule has 0 amide bonds. The third-order valence-corrected chi connectivity index (χ3v) is 27.7. The van der Waals surface area contributed by atoms with E-state index in [0.717, 1.165) is 159 Å². The Morgan fingerprint density at radius 2 is 0.471 bits per heavy atom. The molecule has 11 nitrogen and oxygen atoms in total. The molecule has 136 heavy (non-hydrogen) atoms. The lowest BCUT2D eigenvalue weighted by Crippen LogP contribution is -2.28. The summed E-state index contributed by atoms with van der Waals surface area (Å²) in [5.41, 5.74) is 30.3. The van der Waals surface area contributed by atoms with Crippen LogP contribution >= 0.6 is 11.3 Å². The number of para-hydroxylation sites is 1. The van der Waals surface area contributed by atoms with E-state index in [1.807, 2.05) is 121 Å². The molecule has 0 unspecified atom stereocenters. The number of thiophene rings is 1. The Balaban J connectivity index is 0.000000145. The molecule has 0 radical (unpaired) electrons. The molecule has 0 aliphatic heterocycles. The summed E-state index contributed by atoms with van der Waals surface area (Å²) in [7, 11) is 0. The Morgan fingerprint density at radius 1 is 0.184 bits per heavy atom. The van der Waals surface area contributed by atoms with Crippen molar-refractivity contribution < 1.29 is 4.42 Å². The molecule has 0 spiro atoms. The largest absolute Gasteiger partial charge is 0.452 e. The Bertz CT molecular complexity index is 7960. The van der Waals surface area contributed by atoms with Crippen LogP contribution in [0.5, 0.6) is 0 Å². The second kappa shape index (κ2) is 33.8. The number of nitrogens with zero attached hydrogens (tertiary/aromatic N) is 10. The van der Waals surface area contributed by atoms with Crippen LogP contribution in [-0.2, 0) is 10.8 Å². The fourth-order valence-electron chi connectivity index (χ4n) is 20.3. The molecule has 12 heteroatoms. The van der Waals surface area contributed by atoms with E-state index in [2.05, 4.69) is 352 Å². The first-order valence-corrected chi connectivity index (χ1v) is 46.5. The van der Waals surface area contributed by atoms with E-state index in [-0.39, 0.29) is 0 Å². The van der Waals surface area contributed by atoms with Crippen molar-refractivity contribution in [1.29, 1.82) is 0 Å². The normalized spacial score (nSPS) is 12.5. The summed E-state index contributed by atoms with van der Waals surface area (Å²) in [5, 5.41) is 2.00. The lowest BCUT2D eigenvalue weighted by atomic mass is 9.67. The number of fused-ring (bicyclic) bond motifs is 12. The van der Waals surface area contributed by atoms with Crippen LogP contribution in [-0.4, -0.2) is 49.8 Å². The molecule has 636 valence electrons. The van der Waals surface area contributed by atoms with E-state index in [0.29, 0.717) is 57.9 Å². The van der Waals surface area contributed by atoms with Crippen LogP contribution < -0.4 is 0 Å². The molecular weight excluding hydrogens is 1680 g/mol. The average Bonchev–Trinajstić information content (AvgIpc) is 1.52. The summed E-state index contributed by atoms with van der Waals surface area (Å²) in [4.78, 5) is 54.0. The minimum absolute atomic E-state index is 0.513. The summed E-state index contributed by atoms with van der Waals surface area (Å²) < 4.78 is 8.89. The zero-order chi connectivity index (χ0) is 90.0. The highest BCUT2D eigenvalue weighted by Crippen LogP contribution is 2.61. The zero-order valence-electron chi connectivity index (χ0n) is 73.3. The van der Waals surface area contributed by atoms with Gasteiger partial charge in [0.05, 0.1) is 26.7 Å². The fourth-order valence-corrected chi connectivity index (χ4v) is 21.4. The summed E-state index contributed by atoms with van der Waals surface area (Å²) in [5.74, 6) is 4.48.